The predicted molar refractivity (Wildman–Crippen MR) is 170 cm³/mol. The van der Waals surface area contributed by atoms with Gasteiger partial charge in [-0.3, -0.25) is 0 Å². The van der Waals surface area contributed by atoms with Crippen molar-refractivity contribution in [3.63, 3.8) is 0 Å². The highest BCUT2D eigenvalue weighted by atomic mass is 16.3. The predicted octanol–water partition coefficient (Wildman–Crippen LogP) is 10.3. The second-order valence-corrected chi connectivity index (χ2v) is 10.6. The summed E-state index contributed by atoms with van der Waals surface area (Å²) in [6, 6.07) is 50.2. The number of aromatic nitrogens is 2. The van der Waals surface area contributed by atoms with Gasteiger partial charge in [0, 0.05) is 38.3 Å². The summed E-state index contributed by atoms with van der Waals surface area (Å²) in [4.78, 5) is 0. The van der Waals surface area contributed by atoms with Gasteiger partial charge < -0.3 is 13.6 Å². The second kappa shape index (κ2) is 8.48. The number of rotatable bonds is 3. The molecule has 3 heterocycles. The Bertz CT molecular complexity index is 2420. The van der Waals surface area contributed by atoms with Crippen LogP contribution >= 0.6 is 0 Å². The van der Waals surface area contributed by atoms with Crippen molar-refractivity contribution in [1.82, 2.24) is 9.13 Å². The lowest BCUT2D eigenvalue weighted by atomic mass is 10.0. The van der Waals surface area contributed by atoms with E-state index in [0.29, 0.717) is 0 Å². The molecule has 9 aromatic rings. The Morgan fingerprint density at radius 1 is 0.390 bits per heavy atom. The molecule has 0 aliphatic carbocycles. The zero-order chi connectivity index (χ0) is 26.9. The van der Waals surface area contributed by atoms with Crippen LogP contribution in [0.25, 0.3) is 77.1 Å². The highest BCUT2D eigenvalue weighted by Gasteiger charge is 2.16. The number of hydrogen-bond donors (Lipinski definition) is 0. The van der Waals surface area contributed by atoms with Gasteiger partial charge in [0.25, 0.3) is 0 Å². The van der Waals surface area contributed by atoms with Gasteiger partial charge in [-0.05, 0) is 83.9 Å². The highest BCUT2D eigenvalue weighted by molar-refractivity contribution is 6.12. The van der Waals surface area contributed by atoms with Gasteiger partial charge in [-0.25, -0.2) is 0 Å². The zero-order valence-electron chi connectivity index (χ0n) is 22.2. The van der Waals surface area contributed by atoms with Gasteiger partial charge in [-0.1, -0.05) is 66.7 Å². The van der Waals surface area contributed by atoms with Crippen molar-refractivity contribution in [3.8, 4) is 22.5 Å². The van der Waals surface area contributed by atoms with Crippen LogP contribution in [0.3, 0.4) is 0 Å². The molecule has 0 amide bonds. The summed E-state index contributed by atoms with van der Waals surface area (Å²) in [6.45, 7) is 0. The molecule has 192 valence electrons. The van der Waals surface area contributed by atoms with Crippen LogP contribution in [0.1, 0.15) is 0 Å². The molecule has 0 atom stereocenters. The molecule has 0 aliphatic rings. The summed E-state index contributed by atoms with van der Waals surface area (Å²) in [5.74, 6) is 0. The van der Waals surface area contributed by atoms with Crippen LogP contribution in [0.5, 0.6) is 0 Å². The molecule has 0 spiro atoms. The standard InChI is InChI=1S/C38H24N2O/c1-2-8-28(9-3-1)39-34-12-6-4-10-30(34)32-23-25(14-17-36(32)39)26-15-18-37-33(24-26)31-11-5-7-13-35(31)40(37)29-16-19-38-27(22-29)20-21-41-38/h1-24H. The fraction of sp³-hybridized carbons (Fsp3) is 0. The molecule has 0 bridgehead atoms. The van der Waals surface area contributed by atoms with Crippen molar-refractivity contribution >= 4 is 54.6 Å². The number of para-hydroxylation sites is 3. The largest absolute Gasteiger partial charge is 0.464 e. The quantitative estimate of drug-likeness (QED) is 0.225. The van der Waals surface area contributed by atoms with E-state index < -0.39 is 0 Å². The van der Waals surface area contributed by atoms with Gasteiger partial charge in [0.15, 0.2) is 0 Å². The van der Waals surface area contributed by atoms with Crippen molar-refractivity contribution in [2.24, 2.45) is 0 Å². The topological polar surface area (TPSA) is 23.0 Å². The van der Waals surface area contributed by atoms with E-state index in [-0.39, 0.29) is 0 Å². The summed E-state index contributed by atoms with van der Waals surface area (Å²) in [5, 5.41) is 6.13. The molecule has 3 heteroatoms. The normalized spacial score (nSPS) is 11.9. The lowest BCUT2D eigenvalue weighted by molar-refractivity contribution is 0.616. The fourth-order valence-electron chi connectivity index (χ4n) is 6.53. The average molecular weight is 525 g/mol. The number of nitrogens with zero attached hydrogens (tertiary/aromatic N) is 2. The Kier molecular flexibility index (Phi) is 4.61. The Balaban J connectivity index is 1.26. The maximum atomic E-state index is 5.60. The monoisotopic (exact) mass is 524 g/mol. The van der Waals surface area contributed by atoms with Crippen molar-refractivity contribution < 1.29 is 4.42 Å². The van der Waals surface area contributed by atoms with Crippen LogP contribution in [-0.2, 0) is 0 Å². The lowest BCUT2D eigenvalue weighted by Gasteiger charge is -2.09. The molecule has 6 aromatic carbocycles. The van der Waals surface area contributed by atoms with Crippen LogP contribution in [0.2, 0.25) is 0 Å². The van der Waals surface area contributed by atoms with Gasteiger partial charge in [-0.2, -0.15) is 0 Å². The van der Waals surface area contributed by atoms with Gasteiger partial charge >= 0.3 is 0 Å². The first-order valence-electron chi connectivity index (χ1n) is 13.9. The molecule has 0 N–H and O–H groups in total. The van der Waals surface area contributed by atoms with Crippen molar-refractivity contribution in [1.29, 1.82) is 0 Å². The highest BCUT2D eigenvalue weighted by Crippen LogP contribution is 2.38. The van der Waals surface area contributed by atoms with Crippen molar-refractivity contribution in [3.05, 3.63) is 146 Å². The van der Waals surface area contributed by atoms with E-state index in [1.807, 2.05) is 6.07 Å². The molecule has 41 heavy (non-hydrogen) atoms. The minimum absolute atomic E-state index is 0.904. The Hall–Kier alpha value is -5.54. The molecule has 0 aliphatic heterocycles. The first-order chi connectivity index (χ1) is 20.3. The van der Waals surface area contributed by atoms with Crippen LogP contribution in [-0.4, -0.2) is 9.13 Å². The van der Waals surface area contributed by atoms with E-state index in [2.05, 4.69) is 143 Å². The van der Waals surface area contributed by atoms with E-state index in [4.69, 9.17) is 4.42 Å². The van der Waals surface area contributed by atoms with Gasteiger partial charge in [0.05, 0.1) is 28.3 Å². The zero-order valence-corrected chi connectivity index (χ0v) is 22.2. The first-order valence-corrected chi connectivity index (χ1v) is 13.9. The third kappa shape index (κ3) is 3.26. The SMILES string of the molecule is c1ccc(-n2c3ccccc3c3cc(-c4ccc5c(c4)c4ccccc4n5-c4ccc5occc5c4)ccc32)cc1. The Morgan fingerprint density at radius 2 is 0.951 bits per heavy atom. The van der Waals surface area contributed by atoms with Crippen LogP contribution in [0.15, 0.2) is 150 Å². The molecule has 0 unspecified atom stereocenters. The summed E-state index contributed by atoms with van der Waals surface area (Å²) in [6.07, 6.45) is 1.75. The molecular formula is C38H24N2O. The van der Waals surface area contributed by atoms with E-state index in [1.165, 1.54) is 60.4 Å². The van der Waals surface area contributed by atoms with E-state index in [0.717, 1.165) is 16.7 Å². The number of hydrogen-bond acceptors (Lipinski definition) is 1. The maximum Gasteiger partial charge on any atom is 0.133 e. The van der Waals surface area contributed by atoms with Gasteiger partial charge in [0.2, 0.25) is 0 Å². The molecule has 0 fully saturated rings. The lowest BCUT2D eigenvalue weighted by Crippen LogP contribution is -1.93. The Labute approximate surface area is 236 Å². The maximum absolute atomic E-state index is 5.60. The second-order valence-electron chi connectivity index (χ2n) is 10.6. The minimum atomic E-state index is 0.904. The summed E-state index contributed by atoms with van der Waals surface area (Å²) in [5.41, 5.74) is 10.5. The summed E-state index contributed by atoms with van der Waals surface area (Å²) < 4.78 is 10.3. The molecule has 3 aromatic heterocycles. The van der Waals surface area contributed by atoms with Crippen LogP contribution < -0.4 is 0 Å². The van der Waals surface area contributed by atoms with Crippen molar-refractivity contribution in [2.45, 2.75) is 0 Å². The molecule has 9 rings (SSSR count). The molecule has 3 nitrogen and oxygen atoms in total. The van der Waals surface area contributed by atoms with E-state index in [9.17, 15) is 0 Å². The molecule has 0 saturated carbocycles. The number of benzene rings is 6. The molecule has 0 radical (unpaired) electrons. The van der Waals surface area contributed by atoms with E-state index >= 15 is 0 Å². The summed E-state index contributed by atoms with van der Waals surface area (Å²) in [7, 11) is 0. The van der Waals surface area contributed by atoms with Crippen LogP contribution in [0.4, 0.5) is 0 Å². The van der Waals surface area contributed by atoms with Gasteiger partial charge in [0.1, 0.15) is 5.58 Å². The number of fused-ring (bicyclic) bond motifs is 7. The third-order valence-electron chi connectivity index (χ3n) is 8.39. The fourth-order valence-corrected chi connectivity index (χ4v) is 6.53. The van der Waals surface area contributed by atoms with Crippen LogP contribution in [0, 0.1) is 0 Å². The summed E-state index contributed by atoms with van der Waals surface area (Å²) >= 11 is 0. The smallest absolute Gasteiger partial charge is 0.133 e. The molecular weight excluding hydrogens is 500 g/mol. The first kappa shape index (κ1) is 22.3. The van der Waals surface area contributed by atoms with E-state index in [1.54, 1.807) is 6.26 Å². The molecule has 0 saturated heterocycles. The van der Waals surface area contributed by atoms with Crippen molar-refractivity contribution in [2.75, 3.05) is 0 Å². The average Bonchev–Trinajstić information content (AvgIpc) is 3.73. The minimum Gasteiger partial charge on any atom is -0.464 e. The Morgan fingerprint density at radius 3 is 1.61 bits per heavy atom. The third-order valence-corrected chi connectivity index (χ3v) is 8.39. The van der Waals surface area contributed by atoms with Gasteiger partial charge in [-0.15, -0.1) is 0 Å². The number of furan rings is 1.